The average molecular weight is 300 g/mol. The van der Waals surface area contributed by atoms with Crippen molar-refractivity contribution < 1.29 is 9.53 Å². The number of nitrogens with one attached hydrogen (secondary N) is 2. The van der Waals surface area contributed by atoms with Gasteiger partial charge in [-0.1, -0.05) is 24.3 Å². The van der Waals surface area contributed by atoms with Crippen LogP contribution in [0.25, 0.3) is 0 Å². The fourth-order valence-electron chi connectivity index (χ4n) is 4.23. The second-order valence-electron chi connectivity index (χ2n) is 6.86. The molecule has 1 heterocycles. The fraction of sp³-hybridized carbons (Fsp3) is 0.611. The molecule has 0 aromatic heterocycles. The summed E-state index contributed by atoms with van der Waals surface area (Å²) in [6, 6.07) is 9.15. The molecule has 1 aliphatic heterocycles. The Morgan fingerprint density at radius 1 is 1.18 bits per heavy atom. The molecule has 1 aromatic carbocycles. The van der Waals surface area contributed by atoms with Gasteiger partial charge in [0.25, 0.3) is 0 Å². The van der Waals surface area contributed by atoms with Gasteiger partial charge in [-0.3, -0.25) is 4.79 Å². The molecule has 1 saturated heterocycles. The van der Waals surface area contributed by atoms with Crippen LogP contribution in [0.15, 0.2) is 24.3 Å². The van der Waals surface area contributed by atoms with Crippen molar-refractivity contribution in [2.24, 2.45) is 5.92 Å². The Kier molecular flexibility index (Phi) is 3.89. The van der Waals surface area contributed by atoms with Gasteiger partial charge in [-0.15, -0.1) is 0 Å². The molecule has 4 nitrogen and oxygen atoms in total. The summed E-state index contributed by atoms with van der Waals surface area (Å²) < 4.78 is 5.79. The Bertz CT molecular complexity index is 535. The minimum atomic E-state index is 0.138. The summed E-state index contributed by atoms with van der Waals surface area (Å²) in [6.45, 7) is 1.71. The summed E-state index contributed by atoms with van der Waals surface area (Å²) in [5.74, 6) is 0.378. The lowest BCUT2D eigenvalue weighted by Gasteiger charge is -2.39. The van der Waals surface area contributed by atoms with E-state index in [-0.39, 0.29) is 17.9 Å². The largest absolute Gasteiger partial charge is 0.375 e. The SMILES string of the molecule is O=C(NC1Cc2ccccc2C1)[C@H]1CC[C@H]2OCCN[C@@H]2C1. The summed E-state index contributed by atoms with van der Waals surface area (Å²) in [5, 5.41) is 6.79. The topological polar surface area (TPSA) is 50.4 Å². The molecule has 2 fully saturated rings. The van der Waals surface area contributed by atoms with Crippen molar-refractivity contribution in [1.29, 1.82) is 0 Å². The summed E-state index contributed by atoms with van der Waals surface area (Å²) in [5.41, 5.74) is 2.78. The van der Waals surface area contributed by atoms with Crippen LogP contribution >= 0.6 is 0 Å². The number of amides is 1. The molecule has 1 amide bonds. The first-order valence-electron chi connectivity index (χ1n) is 8.52. The van der Waals surface area contributed by atoms with Gasteiger partial charge in [0.2, 0.25) is 5.91 Å². The average Bonchev–Trinajstić information content (AvgIpc) is 2.96. The van der Waals surface area contributed by atoms with E-state index in [4.69, 9.17) is 4.74 Å². The smallest absolute Gasteiger partial charge is 0.223 e. The van der Waals surface area contributed by atoms with Gasteiger partial charge in [0.15, 0.2) is 0 Å². The van der Waals surface area contributed by atoms with E-state index < -0.39 is 0 Å². The Labute approximate surface area is 131 Å². The third-order valence-electron chi connectivity index (χ3n) is 5.40. The predicted molar refractivity (Wildman–Crippen MR) is 84.7 cm³/mol. The monoisotopic (exact) mass is 300 g/mol. The zero-order valence-corrected chi connectivity index (χ0v) is 12.9. The fourth-order valence-corrected chi connectivity index (χ4v) is 4.23. The van der Waals surface area contributed by atoms with Crippen molar-refractivity contribution in [3.05, 3.63) is 35.4 Å². The van der Waals surface area contributed by atoms with Gasteiger partial charge in [0.1, 0.15) is 0 Å². The van der Waals surface area contributed by atoms with Crippen LogP contribution in [-0.2, 0) is 22.4 Å². The van der Waals surface area contributed by atoms with Crippen molar-refractivity contribution in [2.45, 2.75) is 50.3 Å². The molecule has 2 N–H and O–H groups in total. The van der Waals surface area contributed by atoms with Crippen LogP contribution in [0.3, 0.4) is 0 Å². The second-order valence-corrected chi connectivity index (χ2v) is 6.86. The number of benzene rings is 1. The van der Waals surface area contributed by atoms with E-state index in [1.165, 1.54) is 11.1 Å². The Balaban J connectivity index is 1.33. The first kappa shape index (κ1) is 14.2. The highest BCUT2D eigenvalue weighted by Gasteiger charge is 2.36. The van der Waals surface area contributed by atoms with Crippen molar-refractivity contribution in [1.82, 2.24) is 10.6 Å². The summed E-state index contributed by atoms with van der Waals surface area (Å²) in [6.07, 6.45) is 5.13. The van der Waals surface area contributed by atoms with Crippen LogP contribution in [0, 0.1) is 5.92 Å². The third-order valence-corrected chi connectivity index (χ3v) is 5.40. The number of hydrogen-bond acceptors (Lipinski definition) is 3. The zero-order chi connectivity index (χ0) is 14.9. The Morgan fingerprint density at radius 3 is 2.73 bits per heavy atom. The molecule has 118 valence electrons. The van der Waals surface area contributed by atoms with Gasteiger partial charge < -0.3 is 15.4 Å². The number of carbonyl (C=O) groups is 1. The molecule has 0 unspecified atom stereocenters. The predicted octanol–water partition coefficient (Wildman–Crippen LogP) is 1.43. The molecule has 1 aromatic rings. The van der Waals surface area contributed by atoms with Gasteiger partial charge in [-0.2, -0.15) is 0 Å². The van der Waals surface area contributed by atoms with Gasteiger partial charge in [-0.05, 0) is 43.2 Å². The zero-order valence-electron chi connectivity index (χ0n) is 12.9. The number of fused-ring (bicyclic) bond motifs is 2. The van der Waals surface area contributed by atoms with Gasteiger partial charge in [0, 0.05) is 24.5 Å². The molecule has 3 atom stereocenters. The highest BCUT2D eigenvalue weighted by atomic mass is 16.5. The molecular formula is C18H24N2O2. The normalized spacial score (nSPS) is 31.4. The lowest BCUT2D eigenvalue weighted by atomic mass is 9.82. The molecule has 4 rings (SSSR count). The van der Waals surface area contributed by atoms with E-state index in [2.05, 4.69) is 34.9 Å². The maximum atomic E-state index is 12.6. The Hall–Kier alpha value is -1.39. The van der Waals surface area contributed by atoms with Crippen LogP contribution in [0.1, 0.15) is 30.4 Å². The van der Waals surface area contributed by atoms with E-state index in [0.29, 0.717) is 12.1 Å². The van der Waals surface area contributed by atoms with E-state index in [1.807, 2.05) is 0 Å². The minimum Gasteiger partial charge on any atom is -0.375 e. The highest BCUT2D eigenvalue weighted by molar-refractivity contribution is 5.79. The van der Waals surface area contributed by atoms with Crippen molar-refractivity contribution >= 4 is 5.91 Å². The third kappa shape index (κ3) is 2.77. The van der Waals surface area contributed by atoms with E-state index in [0.717, 1.165) is 45.3 Å². The molecule has 4 heteroatoms. The molecule has 0 radical (unpaired) electrons. The second kappa shape index (κ2) is 6.01. The quantitative estimate of drug-likeness (QED) is 0.869. The molecular weight excluding hydrogens is 276 g/mol. The van der Waals surface area contributed by atoms with E-state index >= 15 is 0 Å². The first-order valence-corrected chi connectivity index (χ1v) is 8.52. The van der Waals surface area contributed by atoms with Crippen LogP contribution in [0.2, 0.25) is 0 Å². The minimum absolute atomic E-state index is 0.138. The highest BCUT2D eigenvalue weighted by Crippen LogP contribution is 2.29. The number of hydrogen-bond donors (Lipinski definition) is 2. The lowest BCUT2D eigenvalue weighted by Crippen LogP contribution is -2.53. The molecule has 22 heavy (non-hydrogen) atoms. The summed E-state index contributed by atoms with van der Waals surface area (Å²) in [7, 11) is 0. The molecule has 1 saturated carbocycles. The maximum absolute atomic E-state index is 12.6. The first-order chi connectivity index (χ1) is 10.8. The van der Waals surface area contributed by atoms with Crippen LogP contribution < -0.4 is 10.6 Å². The van der Waals surface area contributed by atoms with E-state index in [9.17, 15) is 4.79 Å². The molecule has 2 aliphatic carbocycles. The van der Waals surface area contributed by atoms with Crippen molar-refractivity contribution in [3.63, 3.8) is 0 Å². The number of rotatable bonds is 2. The summed E-state index contributed by atoms with van der Waals surface area (Å²) >= 11 is 0. The maximum Gasteiger partial charge on any atom is 0.223 e. The van der Waals surface area contributed by atoms with Gasteiger partial charge in [-0.25, -0.2) is 0 Å². The van der Waals surface area contributed by atoms with Crippen LogP contribution in [0.5, 0.6) is 0 Å². The lowest BCUT2D eigenvalue weighted by molar-refractivity contribution is -0.129. The summed E-state index contributed by atoms with van der Waals surface area (Å²) in [4.78, 5) is 12.6. The standard InChI is InChI=1S/C18H24N2O2/c21-18(14-5-6-17-16(11-14)19-7-8-22-17)20-15-9-12-3-1-2-4-13(12)10-15/h1-4,14-17,19H,5-11H2,(H,20,21)/t14-,16+,17+/m0/s1. The van der Waals surface area contributed by atoms with Crippen LogP contribution in [0.4, 0.5) is 0 Å². The van der Waals surface area contributed by atoms with Crippen molar-refractivity contribution in [3.8, 4) is 0 Å². The van der Waals surface area contributed by atoms with Gasteiger partial charge in [0.05, 0.1) is 12.7 Å². The van der Waals surface area contributed by atoms with Gasteiger partial charge >= 0.3 is 0 Å². The number of ether oxygens (including phenoxy) is 1. The van der Waals surface area contributed by atoms with E-state index in [1.54, 1.807) is 0 Å². The number of carbonyl (C=O) groups excluding carboxylic acids is 1. The molecule has 0 spiro atoms. The molecule has 0 bridgehead atoms. The molecule has 3 aliphatic rings. The van der Waals surface area contributed by atoms with Crippen LogP contribution in [-0.4, -0.2) is 37.2 Å². The number of morpholine rings is 1. The van der Waals surface area contributed by atoms with Crippen molar-refractivity contribution in [2.75, 3.05) is 13.2 Å². The Morgan fingerprint density at radius 2 is 1.95 bits per heavy atom.